The number of rotatable bonds is 4. The zero-order valence-electron chi connectivity index (χ0n) is 19.7. The molecule has 2 aliphatic rings. The number of nitrogens with one attached hydrogen (secondary N) is 1. The molecular weight excluding hydrogens is 424 g/mol. The molecule has 0 radical (unpaired) electrons. The first kappa shape index (κ1) is 23.4. The number of oxazole rings is 1. The Morgan fingerprint density at radius 2 is 1.88 bits per heavy atom. The van der Waals surface area contributed by atoms with E-state index in [1.54, 1.807) is 15.5 Å². The maximum Gasteiger partial charge on any atom is 0.421 e. The topological polar surface area (TPSA) is 97.0 Å². The smallest absolute Gasteiger partial charge is 0.421 e. The number of hydrogen-bond donors (Lipinski definition) is 1. The molecule has 0 bridgehead atoms. The van der Waals surface area contributed by atoms with Crippen molar-refractivity contribution in [3.63, 3.8) is 0 Å². The Bertz CT molecular complexity index is 1050. The van der Waals surface area contributed by atoms with Gasteiger partial charge in [-0.2, -0.15) is 0 Å². The quantitative estimate of drug-likeness (QED) is 0.757. The lowest BCUT2D eigenvalue weighted by atomic mass is 9.96. The molecule has 2 fully saturated rings. The van der Waals surface area contributed by atoms with Crippen LogP contribution in [0.15, 0.2) is 33.5 Å². The van der Waals surface area contributed by atoms with Crippen LogP contribution in [0.3, 0.4) is 0 Å². The number of nitrogens with zero attached hydrogens (tertiary/aromatic N) is 3. The van der Waals surface area contributed by atoms with E-state index in [9.17, 15) is 14.4 Å². The van der Waals surface area contributed by atoms with Crippen molar-refractivity contribution in [2.75, 3.05) is 26.2 Å². The number of carbonyl (C=O) groups excluding carboxylic acids is 2. The molecule has 0 aliphatic carbocycles. The summed E-state index contributed by atoms with van der Waals surface area (Å²) in [6.45, 7) is 8.47. The number of ether oxygens (including phenoxy) is 1. The predicted octanol–water partition coefficient (Wildman–Crippen LogP) is 2.78. The second-order valence-corrected chi connectivity index (χ2v) is 10.1. The number of benzene rings is 1. The zero-order chi connectivity index (χ0) is 23.6. The summed E-state index contributed by atoms with van der Waals surface area (Å²) in [6, 6.07) is 7.41. The van der Waals surface area contributed by atoms with Gasteiger partial charge >= 0.3 is 11.8 Å². The SMILES string of the molecule is CC(C)(C)OC(=O)N1CCC[C@@H](C(=O)N[C@H]2CCCN(Cn3c(=O)oc4ccccc43)C2)C1. The fourth-order valence-electron chi connectivity index (χ4n) is 4.65. The second kappa shape index (κ2) is 9.59. The van der Waals surface area contributed by atoms with E-state index in [-0.39, 0.29) is 29.7 Å². The molecule has 3 heterocycles. The summed E-state index contributed by atoms with van der Waals surface area (Å²) < 4.78 is 12.5. The standard InChI is InChI=1S/C24H34N4O5/c1-24(2,3)33-22(30)27-13-6-8-17(14-27)21(29)25-18-9-7-12-26(15-18)16-28-19-10-4-5-11-20(19)32-23(28)31/h4-5,10-11,17-18H,6-9,12-16H2,1-3H3,(H,25,29)/t17-,18+/m1/s1. The summed E-state index contributed by atoms with van der Waals surface area (Å²) in [4.78, 5) is 41.5. The third-order valence-electron chi connectivity index (χ3n) is 6.21. The lowest BCUT2D eigenvalue weighted by Crippen LogP contribution is -2.52. The van der Waals surface area contributed by atoms with Crippen LogP contribution in [0.2, 0.25) is 0 Å². The molecule has 2 aromatic rings. The highest BCUT2D eigenvalue weighted by molar-refractivity contribution is 5.80. The van der Waals surface area contributed by atoms with Crippen LogP contribution in [-0.2, 0) is 16.2 Å². The van der Waals surface area contributed by atoms with Crippen LogP contribution in [0.5, 0.6) is 0 Å². The van der Waals surface area contributed by atoms with E-state index in [4.69, 9.17) is 9.15 Å². The highest BCUT2D eigenvalue weighted by Gasteiger charge is 2.32. The Morgan fingerprint density at radius 1 is 1.12 bits per heavy atom. The molecule has 0 unspecified atom stereocenters. The predicted molar refractivity (Wildman–Crippen MR) is 124 cm³/mol. The van der Waals surface area contributed by atoms with Gasteiger partial charge in [-0.1, -0.05) is 12.1 Å². The van der Waals surface area contributed by atoms with Gasteiger partial charge in [-0.15, -0.1) is 0 Å². The van der Waals surface area contributed by atoms with E-state index in [1.807, 2.05) is 39.0 Å². The molecule has 0 saturated carbocycles. The number of piperidine rings is 2. The van der Waals surface area contributed by atoms with Crippen molar-refractivity contribution in [3.8, 4) is 0 Å². The summed E-state index contributed by atoms with van der Waals surface area (Å²) in [7, 11) is 0. The molecule has 180 valence electrons. The molecule has 33 heavy (non-hydrogen) atoms. The van der Waals surface area contributed by atoms with E-state index in [0.29, 0.717) is 31.9 Å². The number of hydrogen-bond acceptors (Lipinski definition) is 6. The third-order valence-corrected chi connectivity index (χ3v) is 6.21. The number of carbonyl (C=O) groups is 2. The Balaban J connectivity index is 1.33. The van der Waals surface area contributed by atoms with Gasteiger partial charge in [0, 0.05) is 25.7 Å². The van der Waals surface area contributed by atoms with Gasteiger partial charge in [0.25, 0.3) is 0 Å². The van der Waals surface area contributed by atoms with Gasteiger partial charge in [-0.25, -0.2) is 9.59 Å². The number of likely N-dealkylation sites (tertiary alicyclic amines) is 2. The highest BCUT2D eigenvalue weighted by Crippen LogP contribution is 2.21. The first-order valence-electron chi connectivity index (χ1n) is 11.8. The van der Waals surface area contributed by atoms with Gasteiger partial charge in [0.1, 0.15) is 5.60 Å². The number of para-hydroxylation sites is 2. The van der Waals surface area contributed by atoms with Crippen molar-refractivity contribution in [3.05, 3.63) is 34.8 Å². The fourth-order valence-corrected chi connectivity index (χ4v) is 4.65. The van der Waals surface area contributed by atoms with Crippen molar-refractivity contribution >= 4 is 23.1 Å². The first-order valence-corrected chi connectivity index (χ1v) is 11.8. The third kappa shape index (κ3) is 5.76. The fraction of sp³-hybridized carbons (Fsp3) is 0.625. The Labute approximate surface area is 193 Å². The molecule has 2 amide bonds. The monoisotopic (exact) mass is 458 g/mol. The van der Waals surface area contributed by atoms with Gasteiger partial charge < -0.3 is 19.4 Å². The molecule has 0 spiro atoms. The van der Waals surface area contributed by atoms with Gasteiger partial charge in [-0.05, 0) is 65.1 Å². The largest absolute Gasteiger partial charge is 0.444 e. The molecule has 1 aromatic heterocycles. The molecule has 2 aliphatic heterocycles. The van der Waals surface area contributed by atoms with Crippen LogP contribution in [0.1, 0.15) is 46.5 Å². The summed E-state index contributed by atoms with van der Waals surface area (Å²) in [6.07, 6.45) is 3.01. The summed E-state index contributed by atoms with van der Waals surface area (Å²) >= 11 is 0. The highest BCUT2D eigenvalue weighted by atomic mass is 16.6. The van der Waals surface area contributed by atoms with E-state index in [0.717, 1.165) is 37.7 Å². The Morgan fingerprint density at radius 3 is 2.67 bits per heavy atom. The second-order valence-electron chi connectivity index (χ2n) is 10.1. The first-order chi connectivity index (χ1) is 15.7. The van der Waals surface area contributed by atoms with E-state index >= 15 is 0 Å². The van der Waals surface area contributed by atoms with E-state index in [1.165, 1.54) is 0 Å². The van der Waals surface area contributed by atoms with Crippen LogP contribution in [-0.4, -0.2) is 64.2 Å². The van der Waals surface area contributed by atoms with Crippen LogP contribution < -0.4 is 11.1 Å². The lowest BCUT2D eigenvalue weighted by molar-refractivity contribution is -0.127. The average molecular weight is 459 g/mol. The van der Waals surface area contributed by atoms with Crippen molar-refractivity contribution in [2.24, 2.45) is 5.92 Å². The summed E-state index contributed by atoms with van der Waals surface area (Å²) in [5.41, 5.74) is 0.800. The van der Waals surface area contributed by atoms with Gasteiger partial charge in [-0.3, -0.25) is 14.3 Å². The van der Waals surface area contributed by atoms with E-state index in [2.05, 4.69) is 10.2 Å². The van der Waals surface area contributed by atoms with Crippen molar-refractivity contribution in [1.82, 2.24) is 19.7 Å². The summed E-state index contributed by atoms with van der Waals surface area (Å²) in [5, 5.41) is 3.19. The minimum atomic E-state index is -0.555. The molecular formula is C24H34N4O5. The van der Waals surface area contributed by atoms with Crippen LogP contribution in [0.25, 0.3) is 11.1 Å². The molecule has 9 nitrogen and oxygen atoms in total. The van der Waals surface area contributed by atoms with Crippen molar-refractivity contribution < 1.29 is 18.7 Å². The maximum absolute atomic E-state index is 13.0. The van der Waals surface area contributed by atoms with Crippen LogP contribution in [0, 0.1) is 5.92 Å². The average Bonchev–Trinajstić information content (AvgIpc) is 3.08. The zero-order valence-corrected chi connectivity index (χ0v) is 19.7. The Hall–Kier alpha value is -2.81. The molecule has 4 rings (SSSR count). The van der Waals surface area contributed by atoms with E-state index < -0.39 is 5.60 Å². The number of fused-ring (bicyclic) bond motifs is 1. The van der Waals surface area contributed by atoms with Crippen molar-refractivity contribution in [1.29, 1.82) is 0 Å². The molecule has 2 saturated heterocycles. The Kier molecular flexibility index (Phi) is 6.78. The van der Waals surface area contributed by atoms with Crippen molar-refractivity contribution in [2.45, 2.75) is 64.8 Å². The number of amides is 2. The van der Waals surface area contributed by atoms with Crippen LogP contribution >= 0.6 is 0 Å². The molecule has 1 N–H and O–H groups in total. The maximum atomic E-state index is 13.0. The lowest BCUT2D eigenvalue weighted by Gasteiger charge is -2.36. The minimum Gasteiger partial charge on any atom is -0.444 e. The molecule has 9 heteroatoms. The van der Waals surface area contributed by atoms with Gasteiger partial charge in [0.15, 0.2) is 5.58 Å². The van der Waals surface area contributed by atoms with Crippen LogP contribution in [0.4, 0.5) is 4.79 Å². The minimum absolute atomic E-state index is 0.0111. The molecule has 2 atom stereocenters. The van der Waals surface area contributed by atoms with Gasteiger partial charge in [0.05, 0.1) is 18.1 Å². The summed E-state index contributed by atoms with van der Waals surface area (Å²) in [5.74, 6) is -0.616. The number of aromatic nitrogens is 1. The van der Waals surface area contributed by atoms with Gasteiger partial charge in [0.2, 0.25) is 5.91 Å². The molecule has 1 aromatic carbocycles. The normalized spacial score (nSPS) is 22.3.